The molecule has 1 spiro atoms. The SMILES string of the molecule is COc1cc(N2CCC3(CC2)CC(CN2CCN4c5ccc6c(c5OC[C@@]4(C)C2)CN(C(C)C=O)C6=O)CO3)ccc1C1C(C)=C(c2ccccc2C)C[C@@H](C)N1CC(C)(C)F. The average Bonchev–Trinajstić information content (AvgIpc) is 3.80. The molecule has 10 nitrogen and oxygen atoms in total. The minimum absolute atomic E-state index is 0.0946. The highest BCUT2D eigenvalue weighted by Crippen LogP contribution is 2.49. The van der Waals surface area contributed by atoms with E-state index in [9.17, 15) is 9.59 Å². The van der Waals surface area contributed by atoms with Gasteiger partial charge in [-0.2, -0.15) is 0 Å². The van der Waals surface area contributed by atoms with E-state index in [1.807, 2.05) is 12.1 Å². The Kier molecular flexibility index (Phi) is 11.2. The van der Waals surface area contributed by atoms with Crippen LogP contribution in [-0.4, -0.2) is 122 Å². The van der Waals surface area contributed by atoms with Crippen LogP contribution < -0.4 is 19.3 Å². The number of carbonyl (C=O) groups is 2. The summed E-state index contributed by atoms with van der Waals surface area (Å²) in [4.78, 5) is 36.2. The Morgan fingerprint density at radius 1 is 1.03 bits per heavy atom. The number of carbonyl (C=O) groups excluding carboxylic acids is 2. The molecule has 11 heteroatoms. The van der Waals surface area contributed by atoms with Gasteiger partial charge < -0.3 is 33.7 Å². The number of amides is 1. The first kappa shape index (κ1) is 42.8. The van der Waals surface area contributed by atoms with E-state index in [1.165, 1.54) is 22.3 Å². The molecule has 1 amide bonds. The highest BCUT2D eigenvalue weighted by atomic mass is 19.1. The maximum Gasteiger partial charge on any atom is 0.255 e. The first-order chi connectivity index (χ1) is 29.6. The van der Waals surface area contributed by atoms with Crippen LogP contribution in [-0.2, 0) is 16.1 Å². The zero-order valence-corrected chi connectivity index (χ0v) is 38.1. The fourth-order valence-electron chi connectivity index (χ4n) is 11.9. The van der Waals surface area contributed by atoms with Crippen molar-refractivity contribution in [3.63, 3.8) is 0 Å². The van der Waals surface area contributed by atoms with Crippen LogP contribution in [0.2, 0.25) is 0 Å². The van der Waals surface area contributed by atoms with Crippen molar-refractivity contribution in [2.24, 2.45) is 5.92 Å². The standard InChI is InChI=1S/C51H66FN5O5/c1-33-11-9-10-12-39(33)42-23-34(2)56(30-49(5,6)52)46(36(42)4)41-14-13-38(24-45(41)60-8)54-19-17-51(18-20-54)25-37(29-62-51)26-53-21-22-57-44-16-15-40-43(27-55(48(40)59)35(3)28-58)47(44)61-32-50(57,7)31-53/h9-16,24,28,34-35,37,46H,17-23,25-27,29-32H2,1-8H3/t34-,35?,37?,46?,50-/m1/s1. The van der Waals surface area contributed by atoms with Gasteiger partial charge in [0.25, 0.3) is 5.91 Å². The van der Waals surface area contributed by atoms with Gasteiger partial charge in [0.05, 0.1) is 49.2 Å². The molecule has 0 bridgehead atoms. The molecule has 9 rings (SSSR count). The molecule has 6 heterocycles. The summed E-state index contributed by atoms with van der Waals surface area (Å²) >= 11 is 0. The van der Waals surface area contributed by atoms with Crippen LogP contribution in [0.4, 0.5) is 15.8 Å². The number of nitrogens with zero attached hydrogens (tertiary/aromatic N) is 5. The van der Waals surface area contributed by atoms with E-state index in [0.717, 1.165) is 112 Å². The van der Waals surface area contributed by atoms with Crippen LogP contribution in [0.1, 0.15) is 106 Å². The van der Waals surface area contributed by atoms with Crippen LogP contribution in [0.5, 0.6) is 11.5 Å². The van der Waals surface area contributed by atoms with Crippen LogP contribution in [0.15, 0.2) is 60.2 Å². The van der Waals surface area contributed by atoms with E-state index in [1.54, 1.807) is 32.8 Å². The van der Waals surface area contributed by atoms with E-state index < -0.39 is 11.7 Å². The molecular formula is C51H66FN5O5. The number of rotatable bonds is 10. The molecule has 332 valence electrons. The van der Waals surface area contributed by atoms with Crippen LogP contribution in [0.3, 0.4) is 0 Å². The fraction of sp³-hybridized carbons (Fsp3) is 0.569. The number of fused-ring (bicyclic) bond motifs is 5. The maximum atomic E-state index is 15.5. The zero-order chi connectivity index (χ0) is 43.7. The Bertz CT molecular complexity index is 2250. The second-order valence-corrected chi connectivity index (χ2v) is 20.2. The lowest BCUT2D eigenvalue weighted by atomic mass is 9.81. The van der Waals surface area contributed by atoms with Crippen LogP contribution >= 0.6 is 0 Å². The number of piperidine rings is 1. The molecule has 3 saturated heterocycles. The van der Waals surface area contributed by atoms with Crippen molar-refractivity contribution in [1.29, 1.82) is 0 Å². The predicted octanol–water partition coefficient (Wildman–Crippen LogP) is 8.25. The van der Waals surface area contributed by atoms with Crippen molar-refractivity contribution in [1.82, 2.24) is 14.7 Å². The molecule has 62 heavy (non-hydrogen) atoms. The Hall–Kier alpha value is -4.45. The van der Waals surface area contributed by atoms with Gasteiger partial charge in [-0.25, -0.2) is 4.39 Å². The number of alkyl halides is 1. The van der Waals surface area contributed by atoms with E-state index in [-0.39, 0.29) is 29.1 Å². The van der Waals surface area contributed by atoms with Gasteiger partial charge in [0.2, 0.25) is 0 Å². The topological polar surface area (TPSA) is 78.0 Å². The molecule has 3 unspecified atom stereocenters. The smallest absolute Gasteiger partial charge is 0.255 e. The lowest BCUT2D eigenvalue weighted by molar-refractivity contribution is -0.111. The van der Waals surface area contributed by atoms with Gasteiger partial charge in [-0.3, -0.25) is 14.6 Å². The molecule has 6 aliphatic heterocycles. The molecule has 3 fully saturated rings. The summed E-state index contributed by atoms with van der Waals surface area (Å²) in [5.41, 5.74) is 8.37. The molecule has 5 atom stereocenters. The summed E-state index contributed by atoms with van der Waals surface area (Å²) < 4.78 is 34.9. The third-order valence-electron chi connectivity index (χ3n) is 15.1. The molecule has 6 aliphatic rings. The predicted molar refractivity (Wildman–Crippen MR) is 243 cm³/mol. The molecule has 0 radical (unpaired) electrons. The number of benzene rings is 3. The third kappa shape index (κ3) is 7.70. The molecular weight excluding hydrogens is 782 g/mol. The summed E-state index contributed by atoms with van der Waals surface area (Å²) in [5, 5.41) is 0. The number of anilines is 2. The lowest BCUT2D eigenvalue weighted by Crippen LogP contribution is -2.65. The van der Waals surface area contributed by atoms with Crippen molar-refractivity contribution < 1.29 is 28.2 Å². The Morgan fingerprint density at radius 3 is 2.53 bits per heavy atom. The van der Waals surface area contributed by atoms with Crippen molar-refractivity contribution in [3.8, 4) is 11.5 Å². The van der Waals surface area contributed by atoms with Gasteiger partial charge in [-0.15, -0.1) is 0 Å². The van der Waals surface area contributed by atoms with Crippen LogP contribution in [0.25, 0.3) is 5.57 Å². The van der Waals surface area contributed by atoms with E-state index >= 15 is 4.39 Å². The maximum absolute atomic E-state index is 15.5. The summed E-state index contributed by atoms with van der Waals surface area (Å²) in [6.45, 7) is 21.7. The molecule has 3 aromatic carbocycles. The number of methoxy groups -OCH3 is 1. The van der Waals surface area contributed by atoms with E-state index in [2.05, 4.69) is 89.8 Å². The van der Waals surface area contributed by atoms with Crippen molar-refractivity contribution in [3.05, 3.63) is 88.0 Å². The van der Waals surface area contributed by atoms with Crippen molar-refractivity contribution in [2.45, 2.75) is 116 Å². The minimum atomic E-state index is -1.34. The first-order valence-corrected chi connectivity index (χ1v) is 22.9. The molecule has 0 saturated carbocycles. The number of aryl methyl sites for hydroxylation is 1. The third-order valence-corrected chi connectivity index (χ3v) is 15.1. The number of halogens is 1. The summed E-state index contributed by atoms with van der Waals surface area (Å²) in [7, 11) is 1.76. The first-order valence-electron chi connectivity index (χ1n) is 22.9. The highest BCUT2D eigenvalue weighted by Gasteiger charge is 2.48. The number of hydrogen-bond donors (Lipinski definition) is 0. The van der Waals surface area contributed by atoms with Gasteiger partial charge in [-0.05, 0) is 121 Å². The average molecular weight is 848 g/mol. The Morgan fingerprint density at radius 2 is 1.81 bits per heavy atom. The fourth-order valence-corrected chi connectivity index (χ4v) is 11.9. The van der Waals surface area contributed by atoms with Gasteiger partial charge in [0.1, 0.15) is 30.1 Å². The molecule has 3 aromatic rings. The van der Waals surface area contributed by atoms with E-state index in [4.69, 9.17) is 14.2 Å². The second-order valence-electron chi connectivity index (χ2n) is 20.2. The monoisotopic (exact) mass is 848 g/mol. The molecule has 0 aromatic heterocycles. The van der Waals surface area contributed by atoms with Gasteiger partial charge in [-0.1, -0.05) is 30.3 Å². The minimum Gasteiger partial charge on any atom is -0.496 e. The summed E-state index contributed by atoms with van der Waals surface area (Å²) in [5.74, 6) is 2.03. The summed E-state index contributed by atoms with van der Waals surface area (Å²) in [6, 6.07) is 18.8. The number of aldehydes is 1. The highest BCUT2D eigenvalue weighted by molar-refractivity contribution is 6.01. The van der Waals surface area contributed by atoms with Crippen LogP contribution in [0, 0.1) is 12.8 Å². The largest absolute Gasteiger partial charge is 0.496 e. The number of ether oxygens (including phenoxy) is 3. The van der Waals surface area contributed by atoms with Crippen molar-refractivity contribution in [2.75, 3.05) is 75.9 Å². The Balaban J connectivity index is 0.847. The van der Waals surface area contributed by atoms with Gasteiger partial charge >= 0.3 is 0 Å². The number of piperazine rings is 1. The quantitative estimate of drug-likeness (QED) is 0.188. The normalized spacial score (nSPS) is 27.0. The van der Waals surface area contributed by atoms with Gasteiger partial charge in [0, 0.05) is 80.3 Å². The molecule has 0 aliphatic carbocycles. The molecule has 0 N–H and O–H groups in total. The van der Waals surface area contributed by atoms with Gasteiger partial charge in [0.15, 0.2) is 0 Å². The van der Waals surface area contributed by atoms with Crippen molar-refractivity contribution >= 4 is 29.1 Å². The Labute approximate surface area is 367 Å². The lowest BCUT2D eigenvalue weighted by Gasteiger charge is -2.53. The second kappa shape index (κ2) is 16.3. The number of hydrogen-bond acceptors (Lipinski definition) is 9. The van der Waals surface area contributed by atoms with E-state index in [0.29, 0.717) is 31.2 Å². The zero-order valence-electron chi connectivity index (χ0n) is 38.1. The summed E-state index contributed by atoms with van der Waals surface area (Å²) in [6.07, 6.45) is 4.75.